The first kappa shape index (κ1) is 21.5. The fourth-order valence-corrected chi connectivity index (χ4v) is 4.48. The number of nitroso groups, excluding NO2 is 1. The second-order valence-corrected chi connectivity index (χ2v) is 8.38. The molecule has 0 radical (unpaired) electrons. The number of fused-ring (bicyclic) bond motifs is 1. The highest BCUT2D eigenvalue weighted by molar-refractivity contribution is 5.87. The number of methoxy groups -OCH3 is 1. The van der Waals surface area contributed by atoms with Crippen molar-refractivity contribution in [2.75, 3.05) is 7.11 Å². The molecule has 1 unspecified atom stereocenters. The molecular weight excluding hydrogens is 424 g/mol. The maximum atomic E-state index is 12.8. The number of rotatable bonds is 6. The van der Waals surface area contributed by atoms with Crippen LogP contribution in [-0.2, 0) is 12.6 Å². The molecule has 0 saturated heterocycles. The molecule has 6 nitrogen and oxygen atoms in total. The quantitative estimate of drug-likeness (QED) is 0.298. The molecule has 6 heteroatoms. The van der Waals surface area contributed by atoms with E-state index in [-0.39, 0.29) is 0 Å². The SMILES string of the molecule is COc1nc2ccc(C(N=O)(c3ccc(C)cc3)c3cncn3C)cc2cc1-c1ccccc1. The van der Waals surface area contributed by atoms with Crippen LogP contribution in [0.4, 0.5) is 0 Å². The highest BCUT2D eigenvalue weighted by Gasteiger charge is 2.41. The summed E-state index contributed by atoms with van der Waals surface area (Å²) in [6, 6.07) is 25.7. The molecule has 2 heterocycles. The summed E-state index contributed by atoms with van der Waals surface area (Å²) in [7, 11) is 3.49. The van der Waals surface area contributed by atoms with Gasteiger partial charge in [-0.15, -0.1) is 4.91 Å². The average Bonchev–Trinajstić information content (AvgIpc) is 3.31. The normalized spacial score (nSPS) is 12.9. The smallest absolute Gasteiger partial charge is 0.221 e. The van der Waals surface area contributed by atoms with Crippen LogP contribution in [0.5, 0.6) is 5.88 Å². The average molecular weight is 449 g/mol. The summed E-state index contributed by atoms with van der Waals surface area (Å²) in [5, 5.41) is 4.65. The minimum Gasteiger partial charge on any atom is -0.481 e. The Morgan fingerprint density at radius 3 is 2.32 bits per heavy atom. The fourth-order valence-electron chi connectivity index (χ4n) is 4.48. The van der Waals surface area contributed by atoms with E-state index in [0.29, 0.717) is 11.6 Å². The zero-order valence-electron chi connectivity index (χ0n) is 19.3. The molecular formula is C28H24N4O2. The monoisotopic (exact) mass is 448 g/mol. The molecule has 2 aromatic heterocycles. The summed E-state index contributed by atoms with van der Waals surface area (Å²) in [5.41, 5.74) is 4.71. The summed E-state index contributed by atoms with van der Waals surface area (Å²) < 4.78 is 7.43. The van der Waals surface area contributed by atoms with Gasteiger partial charge in [-0.3, -0.25) is 0 Å². The highest BCUT2D eigenvalue weighted by Crippen LogP contribution is 2.42. The van der Waals surface area contributed by atoms with E-state index in [2.05, 4.69) is 10.2 Å². The Bertz CT molecular complexity index is 1480. The van der Waals surface area contributed by atoms with Crippen LogP contribution in [0.2, 0.25) is 0 Å². The first-order valence-electron chi connectivity index (χ1n) is 11.0. The molecule has 5 aromatic rings. The van der Waals surface area contributed by atoms with Crippen molar-refractivity contribution in [2.45, 2.75) is 12.5 Å². The lowest BCUT2D eigenvalue weighted by molar-refractivity contribution is 0.401. The van der Waals surface area contributed by atoms with Crippen LogP contribution in [0.15, 0.2) is 96.6 Å². The molecule has 0 aliphatic carbocycles. The number of hydrogen-bond acceptors (Lipinski definition) is 5. The van der Waals surface area contributed by atoms with Crippen molar-refractivity contribution in [3.63, 3.8) is 0 Å². The zero-order valence-corrected chi connectivity index (χ0v) is 19.3. The second kappa shape index (κ2) is 8.56. The molecule has 34 heavy (non-hydrogen) atoms. The summed E-state index contributed by atoms with van der Waals surface area (Å²) in [6.07, 6.45) is 3.39. The lowest BCUT2D eigenvalue weighted by atomic mass is 9.80. The molecule has 3 aromatic carbocycles. The minimum atomic E-state index is -1.26. The van der Waals surface area contributed by atoms with Gasteiger partial charge in [-0.2, -0.15) is 0 Å². The van der Waals surface area contributed by atoms with Gasteiger partial charge < -0.3 is 9.30 Å². The van der Waals surface area contributed by atoms with E-state index < -0.39 is 5.54 Å². The van der Waals surface area contributed by atoms with Crippen molar-refractivity contribution in [1.29, 1.82) is 0 Å². The van der Waals surface area contributed by atoms with E-state index in [9.17, 15) is 4.91 Å². The lowest BCUT2D eigenvalue weighted by Gasteiger charge is -2.28. The van der Waals surface area contributed by atoms with Gasteiger partial charge in [0.2, 0.25) is 5.88 Å². The summed E-state index contributed by atoms with van der Waals surface area (Å²) >= 11 is 0. The fraction of sp³-hybridized carbons (Fsp3) is 0.143. The van der Waals surface area contributed by atoms with Crippen LogP contribution in [-0.4, -0.2) is 21.6 Å². The molecule has 0 N–H and O–H groups in total. The van der Waals surface area contributed by atoms with Crippen molar-refractivity contribution < 1.29 is 4.74 Å². The maximum absolute atomic E-state index is 12.8. The van der Waals surface area contributed by atoms with E-state index in [1.165, 1.54) is 0 Å². The standard InChI is InChI=1S/C28H24N4O2/c1-19-9-11-22(12-10-19)28(31-33,26-17-29-18-32(26)2)23-13-14-25-21(15-23)16-24(27(30-25)34-3)20-7-5-4-6-8-20/h4-18H,1-3H3. The molecule has 0 aliphatic rings. The summed E-state index contributed by atoms with van der Waals surface area (Å²) in [5.74, 6) is 0.552. The number of benzene rings is 3. The molecule has 0 fully saturated rings. The van der Waals surface area contributed by atoms with Crippen molar-refractivity contribution in [3.05, 3.63) is 119 Å². The van der Waals surface area contributed by atoms with Crippen LogP contribution < -0.4 is 4.74 Å². The van der Waals surface area contributed by atoms with Gasteiger partial charge in [0.05, 0.1) is 30.8 Å². The Kier molecular flexibility index (Phi) is 5.42. The third-order valence-corrected chi connectivity index (χ3v) is 6.27. The number of aryl methyl sites for hydroxylation is 2. The van der Waals surface area contributed by atoms with Crippen LogP contribution >= 0.6 is 0 Å². The van der Waals surface area contributed by atoms with E-state index in [0.717, 1.165) is 38.7 Å². The number of imidazole rings is 1. The minimum absolute atomic E-state index is 0.552. The number of nitrogens with zero attached hydrogens (tertiary/aromatic N) is 4. The van der Waals surface area contributed by atoms with Crippen molar-refractivity contribution in [3.8, 4) is 17.0 Å². The van der Waals surface area contributed by atoms with Gasteiger partial charge in [-0.25, -0.2) is 9.97 Å². The third kappa shape index (κ3) is 3.44. The van der Waals surface area contributed by atoms with Crippen molar-refractivity contribution in [1.82, 2.24) is 14.5 Å². The lowest BCUT2D eigenvalue weighted by Crippen LogP contribution is -2.29. The number of hydrogen-bond donors (Lipinski definition) is 0. The van der Waals surface area contributed by atoms with Gasteiger partial charge in [-0.05, 0) is 47.0 Å². The Labute approximate surface area is 197 Å². The summed E-state index contributed by atoms with van der Waals surface area (Å²) in [6.45, 7) is 2.02. The van der Waals surface area contributed by atoms with Crippen LogP contribution in [0, 0.1) is 11.8 Å². The molecule has 168 valence electrons. The van der Waals surface area contributed by atoms with E-state index in [1.54, 1.807) is 19.6 Å². The van der Waals surface area contributed by atoms with Crippen LogP contribution in [0.3, 0.4) is 0 Å². The summed E-state index contributed by atoms with van der Waals surface area (Å²) in [4.78, 5) is 21.8. The first-order valence-corrected chi connectivity index (χ1v) is 11.0. The predicted molar refractivity (Wildman–Crippen MR) is 134 cm³/mol. The molecule has 0 spiro atoms. The topological polar surface area (TPSA) is 69.4 Å². The van der Waals surface area contributed by atoms with Gasteiger partial charge >= 0.3 is 0 Å². The molecule has 0 amide bonds. The van der Waals surface area contributed by atoms with Gasteiger partial charge in [0.25, 0.3) is 0 Å². The maximum Gasteiger partial charge on any atom is 0.221 e. The number of pyridine rings is 1. The van der Waals surface area contributed by atoms with Gasteiger partial charge in [-0.1, -0.05) is 66.2 Å². The molecule has 0 bridgehead atoms. The largest absolute Gasteiger partial charge is 0.481 e. The second-order valence-electron chi connectivity index (χ2n) is 8.38. The third-order valence-electron chi connectivity index (χ3n) is 6.27. The van der Waals surface area contributed by atoms with E-state index >= 15 is 0 Å². The van der Waals surface area contributed by atoms with Gasteiger partial charge in [0, 0.05) is 18.0 Å². The molecule has 5 rings (SSSR count). The Balaban J connectivity index is 1.78. The Hall–Kier alpha value is -4.32. The number of ether oxygens (including phenoxy) is 1. The van der Waals surface area contributed by atoms with Crippen LogP contribution in [0.1, 0.15) is 22.4 Å². The van der Waals surface area contributed by atoms with Gasteiger partial charge in [0.15, 0.2) is 5.54 Å². The van der Waals surface area contributed by atoms with Crippen molar-refractivity contribution in [2.24, 2.45) is 12.2 Å². The van der Waals surface area contributed by atoms with E-state index in [4.69, 9.17) is 9.72 Å². The predicted octanol–water partition coefficient (Wildman–Crippen LogP) is 6.01. The Morgan fingerprint density at radius 1 is 0.941 bits per heavy atom. The van der Waals surface area contributed by atoms with Gasteiger partial charge in [0.1, 0.15) is 0 Å². The Morgan fingerprint density at radius 2 is 1.68 bits per heavy atom. The van der Waals surface area contributed by atoms with Crippen molar-refractivity contribution >= 4 is 10.9 Å². The molecule has 0 saturated carbocycles. The highest BCUT2D eigenvalue weighted by atomic mass is 16.5. The van der Waals surface area contributed by atoms with E-state index in [1.807, 2.05) is 97.4 Å². The molecule has 0 aliphatic heterocycles. The first-order chi connectivity index (χ1) is 16.6. The number of aromatic nitrogens is 3. The molecule has 1 atom stereocenters. The van der Waals surface area contributed by atoms with Crippen LogP contribution in [0.25, 0.3) is 22.0 Å². The zero-order chi connectivity index (χ0) is 23.7.